The first-order valence-electron chi connectivity index (χ1n) is 6.89. The maximum Gasteiger partial charge on any atom is 0.407 e. The first-order chi connectivity index (χ1) is 9.80. The van der Waals surface area contributed by atoms with E-state index >= 15 is 0 Å². The van der Waals surface area contributed by atoms with Gasteiger partial charge in [-0.1, -0.05) is 0 Å². The molecule has 1 heterocycles. The van der Waals surface area contributed by atoms with Crippen molar-refractivity contribution >= 4 is 18.4 Å². The van der Waals surface area contributed by atoms with Gasteiger partial charge in [0.25, 0.3) is 0 Å². The van der Waals surface area contributed by atoms with Crippen LogP contribution >= 0.6 is 0 Å². The van der Waals surface area contributed by atoms with E-state index in [1.165, 1.54) is 0 Å². The highest BCUT2D eigenvalue weighted by Crippen LogP contribution is 2.17. The lowest BCUT2D eigenvalue weighted by Crippen LogP contribution is -2.46. The van der Waals surface area contributed by atoms with E-state index in [2.05, 4.69) is 16.2 Å². The van der Waals surface area contributed by atoms with E-state index in [0.717, 1.165) is 0 Å². The van der Waals surface area contributed by atoms with Crippen molar-refractivity contribution in [2.45, 2.75) is 57.8 Å². The Labute approximate surface area is 123 Å². The summed E-state index contributed by atoms with van der Waals surface area (Å²) in [6.45, 7) is 5.72. The molecule has 8 heteroatoms. The highest BCUT2D eigenvalue weighted by Gasteiger charge is 2.26. The van der Waals surface area contributed by atoms with Gasteiger partial charge in [-0.3, -0.25) is 20.4 Å². The van der Waals surface area contributed by atoms with Gasteiger partial charge in [-0.15, -0.1) is 0 Å². The average molecular weight is 301 g/mol. The Morgan fingerprint density at radius 2 is 2.05 bits per heavy atom. The van der Waals surface area contributed by atoms with Crippen LogP contribution in [0.1, 0.15) is 40.0 Å². The second kappa shape index (κ2) is 7.82. The summed E-state index contributed by atoms with van der Waals surface area (Å²) in [4.78, 5) is 33.0. The molecule has 3 N–H and O–H groups in total. The number of carbonyl (C=O) groups excluding carboxylic acids is 3. The molecular formula is C13H23N3O5. The highest BCUT2D eigenvalue weighted by atomic mass is 16.6. The van der Waals surface area contributed by atoms with Crippen LogP contribution in [0.15, 0.2) is 0 Å². The van der Waals surface area contributed by atoms with Crippen molar-refractivity contribution in [2.24, 2.45) is 0 Å². The quantitative estimate of drug-likeness (QED) is 0.498. The molecule has 21 heavy (non-hydrogen) atoms. The van der Waals surface area contributed by atoms with Gasteiger partial charge in [0.1, 0.15) is 5.60 Å². The maximum absolute atomic E-state index is 11.6. The first kappa shape index (κ1) is 17.2. The Hall–Kier alpha value is -1.83. The number of hydrogen-bond donors (Lipinski definition) is 3. The Morgan fingerprint density at radius 1 is 1.33 bits per heavy atom. The zero-order valence-electron chi connectivity index (χ0n) is 12.6. The number of rotatable bonds is 5. The average Bonchev–Trinajstić information content (AvgIpc) is 2.36. The Bertz CT molecular complexity index is 372. The molecule has 0 radical (unpaired) electrons. The van der Waals surface area contributed by atoms with E-state index in [-0.39, 0.29) is 24.5 Å². The second-order valence-electron chi connectivity index (χ2n) is 5.89. The first-order valence-corrected chi connectivity index (χ1v) is 6.89. The predicted molar refractivity (Wildman–Crippen MR) is 74.1 cm³/mol. The summed E-state index contributed by atoms with van der Waals surface area (Å²) in [7, 11) is 0. The number of amides is 3. The molecule has 1 aliphatic rings. The van der Waals surface area contributed by atoms with Crippen LogP contribution in [-0.2, 0) is 19.1 Å². The van der Waals surface area contributed by atoms with E-state index < -0.39 is 11.7 Å². The van der Waals surface area contributed by atoms with Gasteiger partial charge < -0.3 is 14.8 Å². The number of hydrazine groups is 1. The smallest absolute Gasteiger partial charge is 0.407 e. The Kier molecular flexibility index (Phi) is 6.41. The molecule has 120 valence electrons. The molecule has 8 nitrogen and oxygen atoms in total. The van der Waals surface area contributed by atoms with Crippen LogP contribution in [0.25, 0.3) is 0 Å². The molecule has 0 saturated carbocycles. The minimum atomic E-state index is -0.536. The van der Waals surface area contributed by atoms with Crippen LogP contribution in [0.5, 0.6) is 0 Å². The molecular weight excluding hydrogens is 278 g/mol. The molecule has 0 aromatic heterocycles. The molecule has 2 atom stereocenters. The third-order valence-electron chi connectivity index (χ3n) is 2.77. The topological polar surface area (TPSA) is 106 Å². The van der Waals surface area contributed by atoms with Crippen molar-refractivity contribution in [1.82, 2.24) is 16.2 Å². The van der Waals surface area contributed by atoms with Gasteiger partial charge in [0.2, 0.25) is 12.3 Å². The fraction of sp³-hybridized carbons (Fsp3) is 0.769. The summed E-state index contributed by atoms with van der Waals surface area (Å²) in [5.74, 6) is -0.314. The number of ether oxygens (including phenoxy) is 2. The van der Waals surface area contributed by atoms with Crippen molar-refractivity contribution < 1.29 is 23.9 Å². The van der Waals surface area contributed by atoms with E-state index in [4.69, 9.17) is 9.47 Å². The molecule has 0 spiro atoms. The molecule has 1 fully saturated rings. The maximum atomic E-state index is 11.6. The third-order valence-corrected chi connectivity index (χ3v) is 2.77. The van der Waals surface area contributed by atoms with Gasteiger partial charge >= 0.3 is 6.09 Å². The minimum Gasteiger partial charge on any atom is -0.444 e. The summed E-state index contributed by atoms with van der Waals surface area (Å²) in [5, 5.41) is 2.74. The van der Waals surface area contributed by atoms with E-state index in [1.807, 2.05) is 0 Å². The van der Waals surface area contributed by atoms with Crippen LogP contribution in [-0.4, -0.2) is 42.8 Å². The van der Waals surface area contributed by atoms with Crippen LogP contribution in [0.3, 0.4) is 0 Å². The summed E-state index contributed by atoms with van der Waals surface area (Å²) in [6, 6.07) is -0.118. The zero-order chi connectivity index (χ0) is 15.9. The zero-order valence-corrected chi connectivity index (χ0v) is 12.6. The van der Waals surface area contributed by atoms with E-state index in [0.29, 0.717) is 25.9 Å². The molecule has 0 aliphatic carbocycles. The van der Waals surface area contributed by atoms with Crippen LogP contribution < -0.4 is 16.2 Å². The predicted octanol–water partition coefficient (Wildman–Crippen LogP) is 0.226. The fourth-order valence-electron chi connectivity index (χ4n) is 1.92. The van der Waals surface area contributed by atoms with Crippen molar-refractivity contribution in [3.63, 3.8) is 0 Å². The molecule has 3 amide bonds. The molecule has 0 aromatic rings. The summed E-state index contributed by atoms with van der Waals surface area (Å²) < 4.78 is 10.7. The number of hydrogen-bond acceptors (Lipinski definition) is 5. The lowest BCUT2D eigenvalue weighted by atomic mass is 10.0. The van der Waals surface area contributed by atoms with Crippen LogP contribution in [0, 0.1) is 0 Å². The number of nitrogens with one attached hydrogen (secondary N) is 3. The van der Waals surface area contributed by atoms with Crippen molar-refractivity contribution in [1.29, 1.82) is 0 Å². The molecule has 1 aliphatic heterocycles. The molecule has 1 rings (SSSR count). The molecule has 1 unspecified atom stereocenters. The summed E-state index contributed by atoms with van der Waals surface area (Å²) in [5.41, 5.74) is 3.77. The largest absolute Gasteiger partial charge is 0.444 e. The summed E-state index contributed by atoms with van der Waals surface area (Å²) >= 11 is 0. The van der Waals surface area contributed by atoms with E-state index in [1.54, 1.807) is 20.8 Å². The standard InChI is InChI=1S/C13H23N3O5/c1-13(2,3)21-12(19)15-9-4-5-10(20-7-9)6-11(18)16-14-8-17/h8-10H,4-7H2,1-3H3,(H,14,17)(H,15,19)(H,16,18)/t9?,10-/m0/s1. The highest BCUT2D eigenvalue weighted by molar-refractivity contribution is 5.77. The van der Waals surface area contributed by atoms with Gasteiger partial charge in [0.05, 0.1) is 25.2 Å². The number of alkyl carbamates (subject to hydrolysis) is 1. The second-order valence-corrected chi connectivity index (χ2v) is 5.89. The minimum absolute atomic E-state index is 0.118. The van der Waals surface area contributed by atoms with Crippen molar-refractivity contribution in [3.05, 3.63) is 0 Å². The lowest BCUT2D eigenvalue weighted by molar-refractivity contribution is -0.128. The molecule has 0 bridgehead atoms. The number of carbonyl (C=O) groups is 3. The fourth-order valence-corrected chi connectivity index (χ4v) is 1.92. The van der Waals surface area contributed by atoms with Crippen molar-refractivity contribution in [2.75, 3.05) is 6.61 Å². The normalized spacial score (nSPS) is 22.0. The monoisotopic (exact) mass is 301 g/mol. The van der Waals surface area contributed by atoms with Crippen LogP contribution in [0.4, 0.5) is 4.79 Å². The Morgan fingerprint density at radius 3 is 2.57 bits per heavy atom. The van der Waals surface area contributed by atoms with Crippen molar-refractivity contribution in [3.8, 4) is 0 Å². The van der Waals surface area contributed by atoms with Gasteiger partial charge in [-0.2, -0.15) is 0 Å². The molecule has 0 aromatic carbocycles. The van der Waals surface area contributed by atoms with E-state index in [9.17, 15) is 14.4 Å². The van der Waals surface area contributed by atoms with Crippen LogP contribution in [0.2, 0.25) is 0 Å². The lowest BCUT2D eigenvalue weighted by Gasteiger charge is -2.30. The summed E-state index contributed by atoms with van der Waals surface area (Å²) in [6.07, 6.45) is 1.23. The van der Waals surface area contributed by atoms with Gasteiger partial charge in [-0.25, -0.2) is 4.79 Å². The van der Waals surface area contributed by atoms with Gasteiger partial charge in [0.15, 0.2) is 0 Å². The van der Waals surface area contributed by atoms with Gasteiger partial charge in [0, 0.05) is 0 Å². The Balaban J connectivity index is 2.24. The third kappa shape index (κ3) is 7.50. The molecule has 1 saturated heterocycles. The van der Waals surface area contributed by atoms with Gasteiger partial charge in [-0.05, 0) is 33.6 Å². The SMILES string of the molecule is CC(C)(C)OC(=O)NC1CC[C@@H](CC(=O)NNC=O)OC1.